The van der Waals surface area contributed by atoms with Crippen molar-refractivity contribution in [2.45, 2.75) is 49.9 Å². The van der Waals surface area contributed by atoms with E-state index in [4.69, 9.17) is 4.74 Å². The molecule has 27 heavy (non-hydrogen) atoms. The van der Waals surface area contributed by atoms with Gasteiger partial charge in [0.15, 0.2) is 5.16 Å². The fraction of sp³-hybridized carbons (Fsp3) is 0.550. The van der Waals surface area contributed by atoms with Crippen molar-refractivity contribution >= 4 is 17.7 Å². The van der Waals surface area contributed by atoms with Gasteiger partial charge in [0.05, 0.1) is 18.4 Å². The quantitative estimate of drug-likeness (QED) is 0.685. The molecule has 0 spiro atoms. The molecule has 0 unspecified atom stereocenters. The molecule has 1 aromatic heterocycles. The van der Waals surface area contributed by atoms with Crippen LogP contribution in [0.3, 0.4) is 0 Å². The summed E-state index contributed by atoms with van der Waals surface area (Å²) in [5, 5.41) is 9.67. The molecule has 2 aliphatic rings. The smallest absolute Gasteiger partial charge is 0.233 e. The molecule has 0 saturated carbocycles. The van der Waals surface area contributed by atoms with Gasteiger partial charge in [-0.2, -0.15) is 0 Å². The Kier molecular flexibility index (Phi) is 6.09. The lowest BCUT2D eigenvalue weighted by Gasteiger charge is -2.16. The Morgan fingerprint density at radius 2 is 1.96 bits per heavy atom. The van der Waals surface area contributed by atoms with E-state index in [2.05, 4.69) is 26.9 Å². The average Bonchev–Trinajstić information content (AvgIpc) is 3.45. The van der Waals surface area contributed by atoms with Gasteiger partial charge in [-0.3, -0.25) is 4.79 Å². The first-order valence-electron chi connectivity index (χ1n) is 9.78. The topological polar surface area (TPSA) is 60.3 Å². The molecular formula is C20H26N4O2S. The van der Waals surface area contributed by atoms with Crippen molar-refractivity contribution in [3.05, 3.63) is 41.7 Å². The predicted octanol–water partition coefficient (Wildman–Crippen LogP) is 2.76. The lowest BCUT2D eigenvalue weighted by molar-refractivity contribution is -0.127. The third-order valence-electron chi connectivity index (χ3n) is 5.19. The minimum absolute atomic E-state index is 0.203. The molecule has 2 aromatic rings. The van der Waals surface area contributed by atoms with Crippen molar-refractivity contribution in [1.82, 2.24) is 19.7 Å². The number of hydrogen-bond acceptors (Lipinski definition) is 5. The van der Waals surface area contributed by atoms with Crippen molar-refractivity contribution in [3.63, 3.8) is 0 Å². The Morgan fingerprint density at radius 1 is 1.15 bits per heavy atom. The van der Waals surface area contributed by atoms with Crippen LogP contribution < -0.4 is 0 Å². The van der Waals surface area contributed by atoms with Crippen LogP contribution in [0, 0.1) is 0 Å². The van der Waals surface area contributed by atoms with Gasteiger partial charge >= 0.3 is 0 Å². The van der Waals surface area contributed by atoms with E-state index in [9.17, 15) is 4.79 Å². The number of thioether (sulfide) groups is 1. The zero-order chi connectivity index (χ0) is 18.5. The van der Waals surface area contributed by atoms with Crippen LogP contribution >= 0.6 is 11.8 Å². The second-order valence-electron chi connectivity index (χ2n) is 7.18. The van der Waals surface area contributed by atoms with E-state index in [0.29, 0.717) is 5.75 Å². The maximum absolute atomic E-state index is 12.4. The number of aromatic nitrogens is 3. The van der Waals surface area contributed by atoms with Gasteiger partial charge in [-0.25, -0.2) is 0 Å². The van der Waals surface area contributed by atoms with Gasteiger partial charge in [-0.15, -0.1) is 10.2 Å². The molecule has 7 heteroatoms. The standard InChI is InChI=1S/C20H26N4O2S/c25-19(23-10-4-5-11-23)15-27-20-22-21-18(13-16-7-2-1-3-8-16)24(20)14-17-9-6-12-26-17/h1-3,7-8,17H,4-6,9-15H2/t17-/m1/s1. The second-order valence-corrected chi connectivity index (χ2v) is 8.13. The first-order valence-corrected chi connectivity index (χ1v) is 10.8. The molecule has 0 bridgehead atoms. The second kappa shape index (κ2) is 8.89. The summed E-state index contributed by atoms with van der Waals surface area (Å²) in [6.45, 7) is 3.37. The van der Waals surface area contributed by atoms with Crippen LogP contribution in [0.1, 0.15) is 37.1 Å². The Hall–Kier alpha value is -1.86. The predicted molar refractivity (Wildman–Crippen MR) is 105 cm³/mol. The number of nitrogens with zero attached hydrogens (tertiary/aromatic N) is 4. The average molecular weight is 387 g/mol. The van der Waals surface area contributed by atoms with Crippen molar-refractivity contribution in [3.8, 4) is 0 Å². The molecule has 6 nitrogen and oxygen atoms in total. The Labute approximate surface area is 164 Å². The maximum Gasteiger partial charge on any atom is 0.233 e. The molecule has 0 aliphatic carbocycles. The van der Waals surface area contributed by atoms with Gasteiger partial charge in [-0.1, -0.05) is 42.1 Å². The fourth-order valence-corrected chi connectivity index (χ4v) is 4.56. The highest BCUT2D eigenvalue weighted by molar-refractivity contribution is 7.99. The lowest BCUT2D eigenvalue weighted by Crippen LogP contribution is -2.29. The van der Waals surface area contributed by atoms with Crippen LogP contribution in [0.15, 0.2) is 35.5 Å². The summed E-state index contributed by atoms with van der Waals surface area (Å²) >= 11 is 1.50. The Morgan fingerprint density at radius 3 is 2.70 bits per heavy atom. The molecule has 2 saturated heterocycles. The van der Waals surface area contributed by atoms with Crippen LogP contribution in [-0.2, 0) is 22.5 Å². The van der Waals surface area contributed by atoms with E-state index in [1.807, 2.05) is 23.1 Å². The first kappa shape index (κ1) is 18.5. The van der Waals surface area contributed by atoms with Crippen LogP contribution in [0.25, 0.3) is 0 Å². The van der Waals surface area contributed by atoms with Crippen LogP contribution in [0.5, 0.6) is 0 Å². The minimum Gasteiger partial charge on any atom is -0.376 e. The zero-order valence-electron chi connectivity index (χ0n) is 15.5. The molecule has 3 heterocycles. The monoisotopic (exact) mass is 386 g/mol. The molecule has 4 rings (SSSR count). The molecule has 1 aromatic carbocycles. The number of carbonyl (C=O) groups excluding carboxylic acids is 1. The molecule has 144 valence electrons. The molecule has 0 N–H and O–H groups in total. The molecule has 2 fully saturated rings. The number of hydrogen-bond donors (Lipinski definition) is 0. The number of likely N-dealkylation sites (tertiary alicyclic amines) is 1. The summed E-state index contributed by atoms with van der Waals surface area (Å²) in [4.78, 5) is 14.4. The molecule has 1 atom stereocenters. The highest BCUT2D eigenvalue weighted by Crippen LogP contribution is 2.23. The summed E-state index contributed by atoms with van der Waals surface area (Å²) in [6.07, 6.45) is 5.36. The van der Waals surface area contributed by atoms with E-state index < -0.39 is 0 Å². The van der Waals surface area contributed by atoms with E-state index >= 15 is 0 Å². The molecule has 1 amide bonds. The number of rotatable bonds is 7. The number of ether oxygens (including phenoxy) is 1. The molecule has 2 aliphatic heterocycles. The highest BCUT2D eigenvalue weighted by atomic mass is 32.2. The zero-order valence-corrected chi connectivity index (χ0v) is 16.4. The summed E-state index contributed by atoms with van der Waals surface area (Å²) < 4.78 is 7.99. The Bertz CT molecular complexity index is 753. The van der Waals surface area contributed by atoms with Gasteiger partial charge in [0, 0.05) is 26.1 Å². The SMILES string of the molecule is O=C(CSc1nnc(Cc2ccccc2)n1C[C@H]1CCCO1)N1CCCC1. The third-order valence-corrected chi connectivity index (χ3v) is 6.14. The molecule has 0 radical (unpaired) electrons. The lowest BCUT2D eigenvalue weighted by atomic mass is 10.1. The van der Waals surface area contributed by atoms with Gasteiger partial charge in [0.2, 0.25) is 5.91 Å². The van der Waals surface area contributed by atoms with E-state index in [1.54, 1.807) is 0 Å². The van der Waals surface area contributed by atoms with Gasteiger partial charge in [-0.05, 0) is 31.2 Å². The van der Waals surface area contributed by atoms with Gasteiger partial charge < -0.3 is 14.2 Å². The summed E-state index contributed by atoms with van der Waals surface area (Å²) in [7, 11) is 0. The number of carbonyl (C=O) groups is 1. The summed E-state index contributed by atoms with van der Waals surface area (Å²) in [5.74, 6) is 1.57. The van der Waals surface area contributed by atoms with Crippen molar-refractivity contribution in [1.29, 1.82) is 0 Å². The summed E-state index contributed by atoms with van der Waals surface area (Å²) in [6, 6.07) is 10.3. The van der Waals surface area contributed by atoms with Crippen molar-refractivity contribution in [2.24, 2.45) is 0 Å². The van der Waals surface area contributed by atoms with E-state index in [-0.39, 0.29) is 12.0 Å². The summed E-state index contributed by atoms with van der Waals surface area (Å²) in [5.41, 5.74) is 1.21. The van der Waals surface area contributed by atoms with Crippen molar-refractivity contribution in [2.75, 3.05) is 25.4 Å². The van der Waals surface area contributed by atoms with Crippen molar-refractivity contribution < 1.29 is 9.53 Å². The van der Waals surface area contributed by atoms with Gasteiger partial charge in [0.25, 0.3) is 0 Å². The van der Waals surface area contributed by atoms with Crippen LogP contribution in [0.4, 0.5) is 0 Å². The number of amides is 1. The Balaban J connectivity index is 1.48. The highest BCUT2D eigenvalue weighted by Gasteiger charge is 2.23. The molecular weight excluding hydrogens is 360 g/mol. The van der Waals surface area contributed by atoms with Gasteiger partial charge in [0.1, 0.15) is 5.82 Å². The minimum atomic E-state index is 0.203. The maximum atomic E-state index is 12.4. The van der Waals surface area contributed by atoms with E-state index in [1.165, 1.54) is 17.3 Å². The van der Waals surface area contributed by atoms with Crippen LogP contribution in [-0.4, -0.2) is 57.1 Å². The largest absolute Gasteiger partial charge is 0.376 e. The fourth-order valence-electron chi connectivity index (χ4n) is 3.69. The first-order chi connectivity index (χ1) is 13.3. The third kappa shape index (κ3) is 4.71. The number of benzene rings is 1. The normalized spacial score (nSPS) is 19.7. The van der Waals surface area contributed by atoms with E-state index in [0.717, 1.165) is 69.3 Å². The van der Waals surface area contributed by atoms with Crippen LogP contribution in [0.2, 0.25) is 0 Å².